The summed E-state index contributed by atoms with van der Waals surface area (Å²) >= 11 is 0. The second-order valence-electron chi connectivity index (χ2n) is 3.84. The Morgan fingerprint density at radius 3 is 2.67 bits per heavy atom. The van der Waals surface area contributed by atoms with Crippen LogP contribution in [-0.2, 0) is 4.79 Å². The first-order valence-corrected chi connectivity index (χ1v) is 5.47. The average molecular weight is 207 g/mol. The molecule has 2 rings (SSSR count). The molecule has 1 N–H and O–H groups in total. The fourth-order valence-corrected chi connectivity index (χ4v) is 1.72. The molecule has 0 aliphatic heterocycles. The van der Waals surface area contributed by atoms with Crippen LogP contribution in [0.15, 0.2) is 24.5 Å². The Balaban J connectivity index is 1.80. The number of rotatable bonds is 5. The SMILES string of the molecule is CCN(C(=O)CNn1cccc1)C1CC1. The Labute approximate surface area is 89.8 Å². The van der Waals surface area contributed by atoms with Gasteiger partial charge in [0.2, 0.25) is 5.91 Å². The molecule has 0 atom stereocenters. The molecule has 0 bridgehead atoms. The van der Waals surface area contributed by atoms with Crippen molar-refractivity contribution in [3.05, 3.63) is 24.5 Å². The highest BCUT2D eigenvalue weighted by Crippen LogP contribution is 2.26. The van der Waals surface area contributed by atoms with E-state index in [1.54, 1.807) is 4.68 Å². The van der Waals surface area contributed by atoms with Crippen LogP contribution in [0.5, 0.6) is 0 Å². The Morgan fingerprint density at radius 2 is 2.13 bits per heavy atom. The Morgan fingerprint density at radius 1 is 1.47 bits per heavy atom. The lowest BCUT2D eigenvalue weighted by atomic mass is 10.4. The van der Waals surface area contributed by atoms with Gasteiger partial charge in [0.1, 0.15) is 6.54 Å². The molecule has 15 heavy (non-hydrogen) atoms. The molecule has 1 fully saturated rings. The number of hydrogen-bond acceptors (Lipinski definition) is 2. The van der Waals surface area contributed by atoms with Crippen molar-refractivity contribution in [1.82, 2.24) is 9.58 Å². The van der Waals surface area contributed by atoms with E-state index >= 15 is 0 Å². The van der Waals surface area contributed by atoms with Gasteiger partial charge in [-0.3, -0.25) is 9.47 Å². The van der Waals surface area contributed by atoms with Gasteiger partial charge in [-0.25, -0.2) is 0 Å². The summed E-state index contributed by atoms with van der Waals surface area (Å²) in [6, 6.07) is 4.36. The number of nitrogens with zero attached hydrogens (tertiary/aromatic N) is 2. The normalized spacial score (nSPS) is 15.0. The van der Waals surface area contributed by atoms with Crippen LogP contribution in [0.3, 0.4) is 0 Å². The zero-order valence-electron chi connectivity index (χ0n) is 9.02. The van der Waals surface area contributed by atoms with E-state index in [2.05, 4.69) is 5.43 Å². The average Bonchev–Trinajstić information content (AvgIpc) is 2.93. The molecule has 1 saturated carbocycles. The number of aromatic nitrogens is 1. The molecular formula is C11H17N3O. The molecule has 0 spiro atoms. The summed E-state index contributed by atoms with van der Waals surface area (Å²) in [5, 5.41) is 0. The lowest BCUT2D eigenvalue weighted by Gasteiger charge is -2.20. The van der Waals surface area contributed by atoms with Crippen LogP contribution >= 0.6 is 0 Å². The van der Waals surface area contributed by atoms with Gasteiger partial charge in [-0.15, -0.1) is 0 Å². The summed E-state index contributed by atoms with van der Waals surface area (Å²) in [7, 11) is 0. The van der Waals surface area contributed by atoms with Crippen molar-refractivity contribution in [3.63, 3.8) is 0 Å². The molecular weight excluding hydrogens is 190 g/mol. The van der Waals surface area contributed by atoms with E-state index in [1.807, 2.05) is 36.4 Å². The summed E-state index contributed by atoms with van der Waals surface area (Å²) in [5.41, 5.74) is 3.05. The van der Waals surface area contributed by atoms with Crippen molar-refractivity contribution in [2.24, 2.45) is 0 Å². The highest BCUT2D eigenvalue weighted by Gasteiger charge is 2.30. The zero-order chi connectivity index (χ0) is 10.7. The van der Waals surface area contributed by atoms with Gasteiger partial charge in [-0.1, -0.05) is 0 Å². The Bertz CT molecular complexity index is 317. The van der Waals surface area contributed by atoms with Crippen LogP contribution in [0, 0.1) is 0 Å². The number of likely N-dealkylation sites (N-methyl/N-ethyl adjacent to an activating group) is 1. The van der Waals surface area contributed by atoms with Gasteiger partial charge >= 0.3 is 0 Å². The van der Waals surface area contributed by atoms with Crippen LogP contribution in [0.2, 0.25) is 0 Å². The molecule has 1 aromatic heterocycles. The maximum atomic E-state index is 11.8. The number of nitrogens with one attached hydrogen (secondary N) is 1. The van der Waals surface area contributed by atoms with Crippen molar-refractivity contribution in [1.29, 1.82) is 0 Å². The van der Waals surface area contributed by atoms with Crippen molar-refractivity contribution in [3.8, 4) is 0 Å². The molecule has 82 valence electrons. The first kappa shape index (κ1) is 10.1. The van der Waals surface area contributed by atoms with Gasteiger partial charge in [-0.2, -0.15) is 0 Å². The quantitative estimate of drug-likeness (QED) is 0.783. The van der Waals surface area contributed by atoms with Gasteiger partial charge in [0.05, 0.1) is 0 Å². The lowest BCUT2D eigenvalue weighted by Crippen LogP contribution is -2.38. The third-order valence-corrected chi connectivity index (χ3v) is 2.67. The highest BCUT2D eigenvalue weighted by molar-refractivity contribution is 5.79. The molecule has 4 heteroatoms. The molecule has 0 unspecified atom stereocenters. The van der Waals surface area contributed by atoms with Crippen LogP contribution in [0.25, 0.3) is 0 Å². The first-order chi connectivity index (χ1) is 7.31. The zero-order valence-corrected chi connectivity index (χ0v) is 9.02. The van der Waals surface area contributed by atoms with E-state index in [0.29, 0.717) is 12.6 Å². The molecule has 4 nitrogen and oxygen atoms in total. The summed E-state index contributed by atoms with van der Waals surface area (Å²) in [6.07, 6.45) is 6.12. The first-order valence-electron chi connectivity index (χ1n) is 5.47. The van der Waals surface area contributed by atoms with E-state index in [-0.39, 0.29) is 5.91 Å². The monoisotopic (exact) mass is 207 g/mol. The van der Waals surface area contributed by atoms with Crippen LogP contribution in [0.4, 0.5) is 0 Å². The molecule has 0 aromatic carbocycles. The molecule has 1 amide bonds. The summed E-state index contributed by atoms with van der Waals surface area (Å²) in [4.78, 5) is 13.8. The maximum absolute atomic E-state index is 11.8. The van der Waals surface area contributed by atoms with E-state index in [9.17, 15) is 4.79 Å². The van der Waals surface area contributed by atoms with Crippen LogP contribution < -0.4 is 5.43 Å². The molecule has 0 radical (unpaired) electrons. The minimum absolute atomic E-state index is 0.189. The summed E-state index contributed by atoms with van der Waals surface area (Å²) < 4.78 is 1.80. The standard InChI is InChI=1S/C11H17N3O/c1-2-14(10-5-6-10)11(15)9-12-13-7-3-4-8-13/h3-4,7-8,10,12H,2,5-6,9H2,1H3. The van der Waals surface area contributed by atoms with Gasteiger partial charge in [-0.05, 0) is 31.9 Å². The Hall–Kier alpha value is -1.45. The molecule has 1 aromatic rings. The number of hydrogen-bond donors (Lipinski definition) is 1. The van der Waals surface area contributed by atoms with Gasteiger partial charge in [0.25, 0.3) is 0 Å². The van der Waals surface area contributed by atoms with Crippen LogP contribution in [-0.4, -0.2) is 34.6 Å². The Kier molecular flexibility index (Phi) is 2.94. The highest BCUT2D eigenvalue weighted by atomic mass is 16.2. The van der Waals surface area contributed by atoms with Gasteiger partial charge in [0, 0.05) is 25.0 Å². The molecule has 1 heterocycles. The van der Waals surface area contributed by atoms with E-state index in [4.69, 9.17) is 0 Å². The van der Waals surface area contributed by atoms with Crippen molar-refractivity contribution >= 4 is 5.91 Å². The second kappa shape index (κ2) is 4.38. The van der Waals surface area contributed by atoms with E-state index in [1.165, 1.54) is 12.8 Å². The number of amides is 1. The third kappa shape index (κ3) is 2.52. The molecule has 0 saturated heterocycles. The largest absolute Gasteiger partial charge is 0.338 e. The topological polar surface area (TPSA) is 37.3 Å². The fraction of sp³-hybridized carbons (Fsp3) is 0.545. The van der Waals surface area contributed by atoms with Crippen molar-refractivity contribution < 1.29 is 4.79 Å². The number of carbonyl (C=O) groups is 1. The van der Waals surface area contributed by atoms with E-state index < -0.39 is 0 Å². The number of carbonyl (C=O) groups excluding carboxylic acids is 1. The third-order valence-electron chi connectivity index (χ3n) is 2.67. The smallest absolute Gasteiger partial charge is 0.243 e. The van der Waals surface area contributed by atoms with Gasteiger partial charge < -0.3 is 10.3 Å². The second-order valence-corrected chi connectivity index (χ2v) is 3.84. The van der Waals surface area contributed by atoms with Gasteiger partial charge in [0.15, 0.2) is 0 Å². The summed E-state index contributed by atoms with van der Waals surface area (Å²) in [6.45, 7) is 3.22. The molecule has 1 aliphatic rings. The summed E-state index contributed by atoms with van der Waals surface area (Å²) in [5.74, 6) is 0.189. The lowest BCUT2D eigenvalue weighted by molar-refractivity contribution is -0.129. The van der Waals surface area contributed by atoms with Crippen LogP contribution in [0.1, 0.15) is 19.8 Å². The maximum Gasteiger partial charge on any atom is 0.243 e. The van der Waals surface area contributed by atoms with Crippen molar-refractivity contribution in [2.45, 2.75) is 25.8 Å². The minimum atomic E-state index is 0.189. The predicted molar refractivity (Wildman–Crippen MR) is 59.1 cm³/mol. The fourth-order valence-electron chi connectivity index (χ4n) is 1.72. The van der Waals surface area contributed by atoms with E-state index in [0.717, 1.165) is 6.54 Å². The molecule has 1 aliphatic carbocycles. The minimum Gasteiger partial charge on any atom is -0.338 e. The van der Waals surface area contributed by atoms with Crippen molar-refractivity contribution in [2.75, 3.05) is 18.5 Å². The predicted octanol–water partition coefficient (Wildman–Crippen LogP) is 1.04.